The van der Waals surface area contributed by atoms with Crippen LogP contribution in [0.25, 0.3) is 0 Å². The number of unbranched alkanes of at least 4 members (excludes halogenated alkanes) is 1. The second-order valence-corrected chi connectivity index (χ2v) is 6.84. The Morgan fingerprint density at radius 1 is 1.12 bits per heavy atom. The number of aliphatic carboxylic acids is 1. The van der Waals surface area contributed by atoms with Gasteiger partial charge in [0.05, 0.1) is 13.0 Å². The number of carboxylic acid groups (broad SMARTS) is 1. The molecule has 0 aromatic carbocycles. The van der Waals surface area contributed by atoms with Crippen molar-refractivity contribution in [1.29, 1.82) is 0 Å². The second-order valence-electron chi connectivity index (χ2n) is 6.84. The van der Waals surface area contributed by atoms with Gasteiger partial charge in [0.2, 0.25) is 5.91 Å². The summed E-state index contributed by atoms with van der Waals surface area (Å²) in [4.78, 5) is 23.1. The number of aliphatic hydroxyl groups excluding tert-OH is 4. The summed E-state index contributed by atoms with van der Waals surface area (Å²) in [5.41, 5.74) is -0.937. The molecular weight excluding hydrogens is 344 g/mol. The number of carbonyl (C=O) groups excluding carboxylic acids is 1. The summed E-state index contributed by atoms with van der Waals surface area (Å²) in [6.45, 7) is 8.88. The zero-order valence-electron chi connectivity index (χ0n) is 16.5. The minimum atomic E-state index is -1.35. The lowest BCUT2D eigenvalue weighted by molar-refractivity contribution is -0.138. The van der Waals surface area contributed by atoms with Crippen LogP contribution in [0.1, 0.15) is 53.9 Å². The van der Waals surface area contributed by atoms with Gasteiger partial charge < -0.3 is 30.8 Å². The Labute approximate surface area is 155 Å². The van der Waals surface area contributed by atoms with E-state index in [1.165, 1.54) is 13.8 Å². The molecule has 0 aliphatic heterocycles. The number of carboxylic acids is 1. The molecule has 0 bridgehead atoms. The highest BCUT2D eigenvalue weighted by molar-refractivity contribution is 5.81. The number of aliphatic hydroxyl groups is 4. The quantitative estimate of drug-likeness (QED) is 0.268. The molecule has 9 heteroatoms. The number of rotatable bonds is 11. The first kappa shape index (κ1) is 27.0. The maximum Gasteiger partial charge on any atom is 0.305 e. The summed E-state index contributed by atoms with van der Waals surface area (Å²) in [6, 6.07) is 0. The van der Waals surface area contributed by atoms with Crippen LogP contribution < -0.4 is 5.32 Å². The molecule has 9 nitrogen and oxygen atoms in total. The molecule has 0 fully saturated rings. The van der Waals surface area contributed by atoms with E-state index in [-0.39, 0.29) is 19.6 Å². The highest BCUT2D eigenvalue weighted by atomic mass is 16.4. The first-order chi connectivity index (χ1) is 11.9. The number of nitrogens with one attached hydrogen (secondary N) is 1. The largest absolute Gasteiger partial charge is 0.481 e. The van der Waals surface area contributed by atoms with Crippen molar-refractivity contribution in [1.82, 2.24) is 10.2 Å². The van der Waals surface area contributed by atoms with Crippen LogP contribution in [0.5, 0.6) is 0 Å². The van der Waals surface area contributed by atoms with Crippen LogP contribution in [0.3, 0.4) is 0 Å². The fourth-order valence-corrected chi connectivity index (χ4v) is 1.86. The van der Waals surface area contributed by atoms with Gasteiger partial charge in [0.15, 0.2) is 0 Å². The van der Waals surface area contributed by atoms with Gasteiger partial charge in [-0.2, -0.15) is 0 Å². The molecule has 0 spiro atoms. The molecule has 0 aromatic rings. The van der Waals surface area contributed by atoms with Crippen molar-refractivity contribution in [2.75, 3.05) is 19.7 Å². The predicted octanol–water partition coefficient (Wildman–Crippen LogP) is -0.278. The van der Waals surface area contributed by atoms with E-state index < -0.39 is 35.9 Å². The topological polar surface area (TPSA) is 151 Å². The van der Waals surface area contributed by atoms with Gasteiger partial charge in [-0.3, -0.25) is 14.5 Å². The van der Waals surface area contributed by atoms with Crippen molar-refractivity contribution >= 4 is 11.9 Å². The van der Waals surface area contributed by atoms with Crippen molar-refractivity contribution in [2.24, 2.45) is 5.41 Å². The highest BCUT2D eigenvalue weighted by Gasteiger charge is 2.32. The molecule has 0 radical (unpaired) electrons. The zero-order valence-corrected chi connectivity index (χ0v) is 16.5. The Morgan fingerprint density at radius 2 is 1.62 bits per heavy atom. The summed E-state index contributed by atoms with van der Waals surface area (Å²) in [5.74, 6) is -1.69. The summed E-state index contributed by atoms with van der Waals surface area (Å²) in [6.07, 6.45) is -0.566. The van der Waals surface area contributed by atoms with Crippen LogP contribution in [0.15, 0.2) is 0 Å². The molecular formula is C17H36N2O7. The van der Waals surface area contributed by atoms with E-state index in [0.717, 1.165) is 19.4 Å². The van der Waals surface area contributed by atoms with Crippen LogP contribution in [-0.2, 0) is 9.59 Å². The van der Waals surface area contributed by atoms with Crippen molar-refractivity contribution in [3.05, 3.63) is 0 Å². The van der Waals surface area contributed by atoms with Gasteiger partial charge in [0.25, 0.3) is 0 Å². The van der Waals surface area contributed by atoms with Crippen LogP contribution >= 0.6 is 0 Å². The van der Waals surface area contributed by atoms with E-state index in [9.17, 15) is 24.9 Å². The molecule has 156 valence electrons. The molecule has 0 rings (SSSR count). The maximum atomic E-state index is 11.3. The van der Waals surface area contributed by atoms with E-state index in [4.69, 9.17) is 10.2 Å². The first-order valence-corrected chi connectivity index (χ1v) is 8.81. The third-order valence-electron chi connectivity index (χ3n) is 3.76. The maximum absolute atomic E-state index is 11.3. The van der Waals surface area contributed by atoms with Crippen molar-refractivity contribution < 1.29 is 35.1 Å². The van der Waals surface area contributed by atoms with Gasteiger partial charge in [-0.25, -0.2) is 0 Å². The normalized spacial score (nSPS) is 14.8. The van der Waals surface area contributed by atoms with Gasteiger partial charge in [-0.1, -0.05) is 27.2 Å². The fraction of sp³-hybridized carbons (Fsp3) is 0.882. The van der Waals surface area contributed by atoms with Crippen LogP contribution in [0, 0.1) is 5.41 Å². The molecule has 1 amide bonds. The molecule has 26 heavy (non-hydrogen) atoms. The lowest BCUT2D eigenvalue weighted by atomic mass is 9.87. The number of hydrogen-bond acceptors (Lipinski definition) is 7. The smallest absolute Gasteiger partial charge is 0.305 e. The van der Waals surface area contributed by atoms with E-state index in [1.54, 1.807) is 18.7 Å². The minimum absolute atomic E-state index is 0.0350. The molecule has 0 heterocycles. The molecule has 0 aromatic heterocycles. The van der Waals surface area contributed by atoms with E-state index in [2.05, 4.69) is 12.2 Å². The molecule has 0 aliphatic carbocycles. The number of nitrogens with zero attached hydrogens (tertiary/aromatic N) is 1. The second kappa shape index (κ2) is 13.9. The molecule has 0 saturated carbocycles. The van der Waals surface area contributed by atoms with Crippen molar-refractivity contribution in [2.45, 2.75) is 72.4 Å². The Hall–Kier alpha value is -1.26. The number of carbonyl (C=O) groups is 2. The Bertz CT molecular complexity index is 393. The first-order valence-electron chi connectivity index (χ1n) is 8.81. The third-order valence-corrected chi connectivity index (χ3v) is 3.76. The Kier molecular flexibility index (Phi) is 14.4. The summed E-state index contributed by atoms with van der Waals surface area (Å²) < 4.78 is 0. The molecule has 6 N–H and O–H groups in total. The lowest BCUT2D eigenvalue weighted by Crippen LogP contribution is -2.45. The third kappa shape index (κ3) is 12.2. The van der Waals surface area contributed by atoms with Crippen LogP contribution in [0.2, 0.25) is 0 Å². The van der Waals surface area contributed by atoms with Gasteiger partial charge >= 0.3 is 5.97 Å². The van der Waals surface area contributed by atoms with Gasteiger partial charge in [0.1, 0.15) is 18.6 Å². The molecule has 0 saturated heterocycles. The van der Waals surface area contributed by atoms with E-state index in [1.807, 2.05) is 0 Å². The van der Waals surface area contributed by atoms with Crippen LogP contribution in [0.4, 0.5) is 0 Å². The average Bonchev–Trinajstić information content (AvgIpc) is 2.53. The molecule has 2 unspecified atom stereocenters. The molecule has 3 atom stereocenters. The van der Waals surface area contributed by atoms with Crippen LogP contribution in [-0.4, -0.2) is 80.6 Å². The standard InChI is InChI=1S/C9H17NO5.C8H19NO2/c1-9(2,5-11)7(14)8(15)10-4-3-6(12)13;1-4-5-6-9(7(2)10)8(3)11/h7,11,14H,3-5H2,1-2H3,(H,10,15)(H,12,13);7-8,10-11H,4-6H2,1-3H3/t7-;/m0./s1. The average molecular weight is 380 g/mol. The Balaban J connectivity index is 0. The van der Waals surface area contributed by atoms with Crippen molar-refractivity contribution in [3.8, 4) is 0 Å². The van der Waals surface area contributed by atoms with Gasteiger partial charge in [-0.05, 0) is 20.3 Å². The highest BCUT2D eigenvalue weighted by Crippen LogP contribution is 2.19. The lowest BCUT2D eigenvalue weighted by Gasteiger charge is -2.27. The SMILES string of the molecule is CC(C)(CO)[C@@H](O)C(=O)NCCC(=O)O.CCCCN(C(C)O)C(C)O. The number of hydrogen-bond donors (Lipinski definition) is 6. The fourth-order valence-electron chi connectivity index (χ4n) is 1.86. The summed E-state index contributed by atoms with van der Waals surface area (Å²) in [5, 5.41) is 47.3. The summed E-state index contributed by atoms with van der Waals surface area (Å²) in [7, 11) is 0. The monoisotopic (exact) mass is 380 g/mol. The van der Waals surface area contributed by atoms with E-state index >= 15 is 0 Å². The Morgan fingerprint density at radius 3 is 1.96 bits per heavy atom. The van der Waals surface area contributed by atoms with Gasteiger partial charge in [0, 0.05) is 18.5 Å². The van der Waals surface area contributed by atoms with Crippen molar-refractivity contribution in [3.63, 3.8) is 0 Å². The number of amides is 1. The molecule has 0 aliphatic rings. The van der Waals surface area contributed by atoms with E-state index in [0.29, 0.717) is 0 Å². The zero-order chi connectivity index (χ0) is 20.9. The summed E-state index contributed by atoms with van der Waals surface area (Å²) >= 11 is 0. The minimum Gasteiger partial charge on any atom is -0.481 e. The predicted molar refractivity (Wildman–Crippen MR) is 97.1 cm³/mol. The van der Waals surface area contributed by atoms with Gasteiger partial charge in [-0.15, -0.1) is 0 Å².